The second-order valence-corrected chi connectivity index (χ2v) is 7.48. The Morgan fingerprint density at radius 1 is 0.960 bits per heavy atom. The van der Waals surface area contributed by atoms with E-state index < -0.39 is 0 Å². The fraction of sp³-hybridized carbons (Fsp3) is 0.381. The van der Waals surface area contributed by atoms with Crippen LogP contribution in [0.25, 0.3) is 0 Å². The predicted octanol–water partition coefficient (Wildman–Crippen LogP) is 2.86. The van der Waals surface area contributed by atoms with Gasteiger partial charge in [-0.25, -0.2) is 0 Å². The first kappa shape index (κ1) is 16.2. The molecule has 2 aromatic carbocycles. The van der Waals surface area contributed by atoms with Gasteiger partial charge in [0, 0.05) is 44.0 Å². The van der Waals surface area contributed by atoms with Gasteiger partial charge in [-0.3, -0.25) is 9.69 Å². The summed E-state index contributed by atoms with van der Waals surface area (Å²) in [5.41, 5.74) is 8.56. The van der Waals surface area contributed by atoms with Gasteiger partial charge in [0.2, 0.25) is 0 Å². The number of anilines is 1. The average Bonchev–Trinajstić information content (AvgIpc) is 2.61. The number of fused-ring (bicyclic) bond motifs is 2. The molecular formula is C21H25N3O. The Labute approximate surface area is 149 Å². The Morgan fingerprint density at radius 2 is 1.68 bits per heavy atom. The molecule has 0 radical (unpaired) electrons. The zero-order valence-electron chi connectivity index (χ0n) is 14.5. The Bertz CT molecular complexity index is 732. The van der Waals surface area contributed by atoms with Gasteiger partial charge in [-0.05, 0) is 42.0 Å². The normalized spacial score (nSPS) is 23.4. The number of benzene rings is 2. The monoisotopic (exact) mass is 335 g/mol. The number of hydrogen-bond acceptors (Lipinski definition) is 3. The molecule has 2 unspecified atom stereocenters. The highest BCUT2D eigenvalue weighted by Crippen LogP contribution is 2.30. The Balaban J connectivity index is 1.41. The number of likely N-dealkylation sites (tertiary alicyclic amines) is 2. The molecule has 0 aromatic heterocycles. The molecule has 1 amide bonds. The summed E-state index contributed by atoms with van der Waals surface area (Å²) in [5, 5.41) is 0. The van der Waals surface area contributed by atoms with Crippen molar-refractivity contribution in [3.05, 3.63) is 65.7 Å². The fourth-order valence-electron chi connectivity index (χ4n) is 4.38. The van der Waals surface area contributed by atoms with Gasteiger partial charge in [-0.15, -0.1) is 0 Å². The summed E-state index contributed by atoms with van der Waals surface area (Å²) in [6.45, 7) is 4.88. The molecule has 4 rings (SSSR count). The lowest BCUT2D eigenvalue weighted by Gasteiger charge is -2.46. The van der Waals surface area contributed by atoms with Gasteiger partial charge in [0.1, 0.15) is 0 Å². The fourth-order valence-corrected chi connectivity index (χ4v) is 4.38. The smallest absolute Gasteiger partial charge is 0.253 e. The maximum absolute atomic E-state index is 12.8. The second-order valence-electron chi connectivity index (χ2n) is 7.48. The van der Waals surface area contributed by atoms with E-state index in [4.69, 9.17) is 5.73 Å². The van der Waals surface area contributed by atoms with Crippen molar-refractivity contribution in [3.8, 4) is 0 Å². The van der Waals surface area contributed by atoms with Crippen LogP contribution in [0.5, 0.6) is 0 Å². The van der Waals surface area contributed by atoms with E-state index in [1.807, 2.05) is 23.1 Å². The molecule has 0 saturated carbocycles. The van der Waals surface area contributed by atoms with Crippen molar-refractivity contribution in [1.82, 2.24) is 9.80 Å². The van der Waals surface area contributed by atoms with E-state index in [2.05, 4.69) is 35.2 Å². The van der Waals surface area contributed by atoms with Gasteiger partial charge >= 0.3 is 0 Å². The van der Waals surface area contributed by atoms with E-state index in [-0.39, 0.29) is 5.91 Å². The summed E-state index contributed by atoms with van der Waals surface area (Å²) < 4.78 is 0. The first-order chi connectivity index (χ1) is 12.2. The first-order valence-corrected chi connectivity index (χ1v) is 9.08. The molecule has 2 heterocycles. The van der Waals surface area contributed by atoms with E-state index in [9.17, 15) is 4.79 Å². The second kappa shape index (κ2) is 6.89. The molecule has 2 aliphatic heterocycles. The quantitative estimate of drug-likeness (QED) is 0.878. The van der Waals surface area contributed by atoms with Crippen LogP contribution in [0, 0.1) is 11.8 Å². The molecule has 130 valence electrons. The number of nitrogens with zero attached hydrogens (tertiary/aromatic N) is 2. The molecule has 2 fully saturated rings. The molecule has 25 heavy (non-hydrogen) atoms. The summed E-state index contributed by atoms with van der Waals surface area (Å²) in [6, 6.07) is 18.0. The summed E-state index contributed by atoms with van der Waals surface area (Å²) in [4.78, 5) is 17.4. The summed E-state index contributed by atoms with van der Waals surface area (Å²) >= 11 is 0. The van der Waals surface area contributed by atoms with Crippen molar-refractivity contribution >= 4 is 11.6 Å². The molecule has 4 nitrogen and oxygen atoms in total. The highest BCUT2D eigenvalue weighted by molar-refractivity contribution is 5.95. The standard InChI is InChI=1S/C21H25N3O/c22-20-8-4-7-19(10-20)21(25)24-14-17-9-18(15-24)13-23(12-17)11-16-5-2-1-3-6-16/h1-8,10,17-18H,9,11-15,22H2. The maximum atomic E-state index is 12.8. The molecule has 4 heteroatoms. The highest BCUT2D eigenvalue weighted by Gasteiger charge is 2.36. The van der Waals surface area contributed by atoms with Crippen LogP contribution in [0.1, 0.15) is 22.3 Å². The van der Waals surface area contributed by atoms with Crippen LogP contribution in [0.3, 0.4) is 0 Å². The van der Waals surface area contributed by atoms with Gasteiger partial charge in [-0.2, -0.15) is 0 Å². The van der Waals surface area contributed by atoms with E-state index >= 15 is 0 Å². The van der Waals surface area contributed by atoms with Crippen molar-refractivity contribution in [2.75, 3.05) is 31.9 Å². The van der Waals surface area contributed by atoms with E-state index in [0.717, 1.165) is 32.7 Å². The Kier molecular flexibility index (Phi) is 4.45. The number of nitrogens with two attached hydrogens (primary N) is 1. The summed E-state index contributed by atoms with van der Waals surface area (Å²) in [5.74, 6) is 1.26. The lowest BCUT2D eigenvalue weighted by Crippen LogP contribution is -2.53. The molecule has 2 N–H and O–H groups in total. The van der Waals surface area contributed by atoms with Crippen LogP contribution in [-0.4, -0.2) is 41.9 Å². The average molecular weight is 335 g/mol. The van der Waals surface area contributed by atoms with Crippen molar-refractivity contribution in [2.45, 2.75) is 13.0 Å². The molecule has 2 bridgehead atoms. The molecule has 0 spiro atoms. The van der Waals surface area contributed by atoms with Crippen molar-refractivity contribution in [1.29, 1.82) is 0 Å². The number of nitrogen functional groups attached to an aromatic ring is 1. The maximum Gasteiger partial charge on any atom is 0.253 e. The topological polar surface area (TPSA) is 49.6 Å². The lowest BCUT2D eigenvalue weighted by atomic mass is 9.84. The van der Waals surface area contributed by atoms with Crippen LogP contribution in [-0.2, 0) is 6.54 Å². The van der Waals surface area contributed by atoms with E-state index in [0.29, 0.717) is 23.1 Å². The van der Waals surface area contributed by atoms with Gasteiger partial charge in [-0.1, -0.05) is 36.4 Å². The van der Waals surface area contributed by atoms with Crippen LogP contribution >= 0.6 is 0 Å². The first-order valence-electron chi connectivity index (χ1n) is 9.08. The number of piperidine rings is 2. The third kappa shape index (κ3) is 3.69. The summed E-state index contributed by atoms with van der Waals surface area (Å²) in [7, 11) is 0. The SMILES string of the molecule is Nc1cccc(C(=O)N2CC3CC(CN(Cc4ccccc4)C3)C2)c1. The number of hydrogen-bond donors (Lipinski definition) is 1. The third-order valence-corrected chi connectivity index (χ3v) is 5.33. The molecule has 2 atom stereocenters. The minimum absolute atomic E-state index is 0.124. The van der Waals surface area contributed by atoms with Crippen molar-refractivity contribution in [3.63, 3.8) is 0 Å². The Hall–Kier alpha value is -2.33. The largest absolute Gasteiger partial charge is 0.399 e. The van der Waals surface area contributed by atoms with E-state index in [1.165, 1.54) is 12.0 Å². The highest BCUT2D eigenvalue weighted by atomic mass is 16.2. The van der Waals surface area contributed by atoms with Crippen molar-refractivity contribution in [2.24, 2.45) is 11.8 Å². The molecule has 2 saturated heterocycles. The van der Waals surface area contributed by atoms with E-state index in [1.54, 1.807) is 6.07 Å². The molecule has 0 aliphatic carbocycles. The van der Waals surface area contributed by atoms with Gasteiger partial charge in [0.25, 0.3) is 5.91 Å². The minimum Gasteiger partial charge on any atom is -0.399 e. The number of carbonyl (C=O) groups excluding carboxylic acids is 1. The summed E-state index contributed by atoms with van der Waals surface area (Å²) in [6.07, 6.45) is 1.24. The zero-order valence-corrected chi connectivity index (χ0v) is 14.5. The van der Waals surface area contributed by atoms with Gasteiger partial charge < -0.3 is 10.6 Å². The minimum atomic E-state index is 0.124. The van der Waals surface area contributed by atoms with Gasteiger partial charge in [0.15, 0.2) is 0 Å². The number of rotatable bonds is 3. The molecule has 2 aliphatic rings. The van der Waals surface area contributed by atoms with Crippen LogP contribution < -0.4 is 5.73 Å². The van der Waals surface area contributed by atoms with Crippen molar-refractivity contribution < 1.29 is 4.79 Å². The zero-order chi connectivity index (χ0) is 17.2. The van der Waals surface area contributed by atoms with Crippen LogP contribution in [0.4, 0.5) is 5.69 Å². The number of carbonyl (C=O) groups is 1. The molecule has 2 aromatic rings. The van der Waals surface area contributed by atoms with Gasteiger partial charge in [0.05, 0.1) is 0 Å². The third-order valence-electron chi connectivity index (χ3n) is 5.33. The predicted molar refractivity (Wildman–Crippen MR) is 100 cm³/mol. The van der Waals surface area contributed by atoms with Crippen LogP contribution in [0.2, 0.25) is 0 Å². The van der Waals surface area contributed by atoms with Crippen LogP contribution in [0.15, 0.2) is 54.6 Å². The lowest BCUT2D eigenvalue weighted by molar-refractivity contribution is 0.0238. The number of amides is 1. The Morgan fingerprint density at radius 3 is 2.36 bits per heavy atom. The molecular weight excluding hydrogens is 310 g/mol.